The Morgan fingerprint density at radius 1 is 0.630 bits per heavy atom. The van der Waals surface area contributed by atoms with E-state index in [9.17, 15) is 0 Å². The fourth-order valence-electron chi connectivity index (χ4n) is 7.03. The zero-order valence-corrected chi connectivity index (χ0v) is 20.1. The molecule has 0 aromatic carbocycles. The van der Waals surface area contributed by atoms with E-state index in [2.05, 4.69) is 48.5 Å². The van der Waals surface area contributed by atoms with Gasteiger partial charge in [0.05, 0.1) is 0 Å². The van der Waals surface area contributed by atoms with Crippen LogP contribution in [0.15, 0.2) is 0 Å². The van der Waals surface area contributed by atoms with E-state index < -0.39 is 0 Å². The van der Waals surface area contributed by atoms with Crippen molar-refractivity contribution in [3.8, 4) is 0 Å². The van der Waals surface area contributed by atoms with Crippen molar-refractivity contribution in [2.75, 3.05) is 0 Å². The van der Waals surface area contributed by atoms with Gasteiger partial charge in [0.1, 0.15) is 0 Å². The van der Waals surface area contributed by atoms with E-state index >= 15 is 0 Å². The van der Waals surface area contributed by atoms with Crippen molar-refractivity contribution in [3.05, 3.63) is 0 Å². The maximum atomic E-state index is 2.46. The maximum Gasteiger partial charge on any atom is -0.0321 e. The molecule has 0 N–H and O–H groups in total. The van der Waals surface area contributed by atoms with Gasteiger partial charge in [-0.2, -0.15) is 0 Å². The molecule has 3 aliphatic rings. The predicted molar refractivity (Wildman–Crippen MR) is 122 cm³/mol. The first kappa shape index (κ1) is 23.3. The first-order chi connectivity index (χ1) is 12.6. The molecule has 0 amide bonds. The minimum Gasteiger partial charge on any atom is -0.0649 e. The Kier molecular flexibility index (Phi) is 8.76. The molecule has 3 aliphatic carbocycles. The van der Waals surface area contributed by atoms with Crippen LogP contribution in [-0.4, -0.2) is 0 Å². The van der Waals surface area contributed by atoms with Gasteiger partial charge in [0.15, 0.2) is 0 Å². The van der Waals surface area contributed by atoms with Crippen molar-refractivity contribution < 1.29 is 0 Å². The first-order valence-corrected chi connectivity index (χ1v) is 12.6. The molecule has 0 aromatic heterocycles. The Balaban J connectivity index is 0.000000199. The molecule has 2 atom stereocenters. The lowest BCUT2D eigenvalue weighted by atomic mass is 9.60. The van der Waals surface area contributed by atoms with Gasteiger partial charge in [-0.15, -0.1) is 0 Å². The number of hydrogen-bond acceptors (Lipinski definition) is 0. The third kappa shape index (κ3) is 8.10. The van der Waals surface area contributed by atoms with Gasteiger partial charge < -0.3 is 0 Å². The van der Waals surface area contributed by atoms with Gasteiger partial charge in [-0.3, -0.25) is 0 Å². The SMILES string of the molecule is CC1CCC(CC2CCC(C)CC2)CC1.CCC1(C)CC(C)CC(C)(C)C1. The quantitative estimate of drug-likeness (QED) is 0.460. The molecule has 3 saturated carbocycles. The molecule has 0 heterocycles. The van der Waals surface area contributed by atoms with Crippen molar-refractivity contribution in [1.82, 2.24) is 0 Å². The van der Waals surface area contributed by atoms with E-state index in [1.807, 2.05) is 0 Å². The molecular weight excluding hydrogens is 324 g/mol. The van der Waals surface area contributed by atoms with Gasteiger partial charge in [0, 0.05) is 0 Å². The van der Waals surface area contributed by atoms with Crippen molar-refractivity contribution in [2.45, 2.75) is 132 Å². The van der Waals surface area contributed by atoms with E-state index in [1.54, 1.807) is 6.42 Å². The summed E-state index contributed by atoms with van der Waals surface area (Å²) >= 11 is 0. The second-order valence-corrected chi connectivity index (χ2v) is 12.5. The molecule has 0 aromatic rings. The summed E-state index contributed by atoms with van der Waals surface area (Å²) in [6.45, 7) is 16.9. The second-order valence-electron chi connectivity index (χ2n) is 12.5. The zero-order chi connectivity index (χ0) is 20.1. The zero-order valence-electron chi connectivity index (χ0n) is 20.1. The topological polar surface area (TPSA) is 0 Å². The average Bonchev–Trinajstić information content (AvgIpc) is 2.57. The molecule has 3 fully saturated rings. The lowest BCUT2D eigenvalue weighted by molar-refractivity contribution is 0.0582. The molecule has 0 saturated heterocycles. The highest BCUT2D eigenvalue weighted by Gasteiger charge is 2.38. The molecule has 0 radical (unpaired) electrons. The fraction of sp³-hybridized carbons (Fsp3) is 1.00. The minimum atomic E-state index is 0.586. The van der Waals surface area contributed by atoms with Gasteiger partial charge >= 0.3 is 0 Å². The van der Waals surface area contributed by atoms with E-state index in [-0.39, 0.29) is 0 Å². The second kappa shape index (κ2) is 10.2. The Bertz CT molecular complexity index is 386. The average molecular weight is 377 g/mol. The van der Waals surface area contributed by atoms with Gasteiger partial charge in [-0.1, -0.05) is 106 Å². The van der Waals surface area contributed by atoms with Crippen LogP contribution in [0.25, 0.3) is 0 Å². The predicted octanol–water partition coefficient (Wildman–Crippen LogP) is 9.28. The van der Waals surface area contributed by atoms with Gasteiger partial charge in [-0.05, 0) is 66.1 Å². The minimum absolute atomic E-state index is 0.586. The van der Waals surface area contributed by atoms with Crippen LogP contribution in [0.4, 0.5) is 0 Å². The molecule has 3 rings (SSSR count). The van der Waals surface area contributed by atoms with Crippen LogP contribution in [0.2, 0.25) is 0 Å². The van der Waals surface area contributed by atoms with E-state index in [1.165, 1.54) is 77.0 Å². The highest BCUT2D eigenvalue weighted by Crippen LogP contribution is 2.49. The van der Waals surface area contributed by atoms with Crippen LogP contribution in [0.1, 0.15) is 132 Å². The van der Waals surface area contributed by atoms with Crippen molar-refractivity contribution in [1.29, 1.82) is 0 Å². The van der Waals surface area contributed by atoms with Crippen LogP contribution in [0, 0.1) is 40.4 Å². The highest BCUT2D eigenvalue weighted by molar-refractivity contribution is 4.89. The molecule has 27 heavy (non-hydrogen) atoms. The van der Waals surface area contributed by atoms with Crippen LogP contribution >= 0.6 is 0 Å². The van der Waals surface area contributed by atoms with Crippen molar-refractivity contribution in [3.63, 3.8) is 0 Å². The maximum absolute atomic E-state index is 2.46. The van der Waals surface area contributed by atoms with Crippen molar-refractivity contribution >= 4 is 0 Å². The Morgan fingerprint density at radius 2 is 1.07 bits per heavy atom. The molecule has 0 spiro atoms. The Morgan fingerprint density at radius 3 is 1.44 bits per heavy atom. The molecule has 0 aliphatic heterocycles. The standard InChI is InChI=1S/C15H28.C12H24/c1-12-3-7-14(8-4-12)11-15-9-5-13(2)6-10-15;1-6-12(5)8-10(2)7-11(3,4)9-12/h12-15H,3-11H2,1-2H3;10H,6-9H2,1-5H3. The smallest absolute Gasteiger partial charge is 0.0321 e. The molecule has 160 valence electrons. The summed E-state index contributed by atoms with van der Waals surface area (Å²) < 4.78 is 0. The van der Waals surface area contributed by atoms with E-state index in [0.29, 0.717) is 10.8 Å². The molecule has 0 nitrogen and oxygen atoms in total. The number of rotatable bonds is 3. The fourth-order valence-corrected chi connectivity index (χ4v) is 7.03. The third-order valence-corrected chi connectivity index (χ3v) is 8.44. The summed E-state index contributed by atoms with van der Waals surface area (Å²) in [6, 6.07) is 0. The summed E-state index contributed by atoms with van der Waals surface area (Å²) in [5, 5.41) is 0. The van der Waals surface area contributed by atoms with Crippen LogP contribution in [0.3, 0.4) is 0 Å². The molecular formula is C27H52. The third-order valence-electron chi connectivity index (χ3n) is 8.44. The Hall–Kier alpha value is 0. The molecule has 2 unspecified atom stereocenters. The highest BCUT2D eigenvalue weighted by atomic mass is 14.4. The largest absolute Gasteiger partial charge is 0.0649 e. The van der Waals surface area contributed by atoms with E-state index in [4.69, 9.17) is 0 Å². The monoisotopic (exact) mass is 376 g/mol. The lowest BCUT2D eigenvalue weighted by Gasteiger charge is -2.45. The summed E-state index contributed by atoms with van der Waals surface area (Å²) in [5.41, 5.74) is 1.21. The van der Waals surface area contributed by atoms with Gasteiger partial charge in [-0.25, -0.2) is 0 Å². The number of hydrogen-bond donors (Lipinski definition) is 0. The van der Waals surface area contributed by atoms with Gasteiger partial charge in [0.25, 0.3) is 0 Å². The van der Waals surface area contributed by atoms with Crippen LogP contribution in [-0.2, 0) is 0 Å². The van der Waals surface area contributed by atoms with Crippen LogP contribution < -0.4 is 0 Å². The summed E-state index contributed by atoms with van der Waals surface area (Å²) in [5.74, 6) is 5.16. The van der Waals surface area contributed by atoms with Crippen molar-refractivity contribution in [2.24, 2.45) is 40.4 Å². The summed E-state index contributed by atoms with van der Waals surface area (Å²) in [6.07, 6.45) is 19.4. The van der Waals surface area contributed by atoms with E-state index in [0.717, 1.165) is 29.6 Å². The molecule has 0 bridgehead atoms. The lowest BCUT2D eigenvalue weighted by Crippen LogP contribution is -2.34. The molecule has 0 heteroatoms. The normalized spacial score (nSPS) is 42.1. The summed E-state index contributed by atoms with van der Waals surface area (Å²) in [7, 11) is 0. The van der Waals surface area contributed by atoms with Crippen LogP contribution in [0.5, 0.6) is 0 Å². The summed E-state index contributed by atoms with van der Waals surface area (Å²) in [4.78, 5) is 0. The first-order valence-electron chi connectivity index (χ1n) is 12.6. The Labute approximate surface area is 172 Å². The van der Waals surface area contributed by atoms with Gasteiger partial charge in [0.2, 0.25) is 0 Å².